The van der Waals surface area contributed by atoms with Crippen LogP contribution in [0.15, 0.2) is 40.9 Å². The van der Waals surface area contributed by atoms with Crippen molar-refractivity contribution in [2.24, 2.45) is 11.8 Å². The quantitative estimate of drug-likeness (QED) is 0.359. The van der Waals surface area contributed by atoms with Crippen molar-refractivity contribution < 1.29 is 23.2 Å². The van der Waals surface area contributed by atoms with E-state index in [1.54, 1.807) is 12.1 Å². The molecule has 0 radical (unpaired) electrons. The number of carbonyl (C=O) groups excluding carboxylic acids is 1. The molecule has 2 fully saturated rings. The average Bonchev–Trinajstić information content (AvgIpc) is 3.55. The zero-order chi connectivity index (χ0) is 24.5. The number of aromatic nitrogens is 1. The van der Waals surface area contributed by atoms with E-state index in [4.69, 9.17) is 14.0 Å². The number of nitrogens with zero attached hydrogens (tertiary/aromatic N) is 2. The zero-order valence-electron chi connectivity index (χ0n) is 20.6. The van der Waals surface area contributed by atoms with Crippen molar-refractivity contribution in [1.29, 1.82) is 0 Å². The number of likely N-dealkylation sites (tertiary alicyclic amines) is 1. The first-order valence-electron chi connectivity index (χ1n) is 13.3. The van der Waals surface area contributed by atoms with E-state index >= 15 is 0 Å². The Morgan fingerprint density at radius 2 is 1.72 bits per heavy atom. The smallest absolute Gasteiger partial charge is 0.231 e. The lowest BCUT2D eigenvalue weighted by atomic mass is 9.78. The van der Waals surface area contributed by atoms with E-state index in [1.807, 2.05) is 18.2 Å². The van der Waals surface area contributed by atoms with Gasteiger partial charge in [0.2, 0.25) is 6.79 Å². The average molecular weight is 493 g/mol. The first-order chi connectivity index (χ1) is 17.6. The summed E-state index contributed by atoms with van der Waals surface area (Å²) >= 11 is 0. The van der Waals surface area contributed by atoms with Crippen LogP contribution in [0, 0.1) is 17.7 Å². The summed E-state index contributed by atoms with van der Waals surface area (Å²) in [5, 5.41) is 5.09. The highest BCUT2D eigenvalue weighted by Gasteiger charge is 2.28. The normalized spacial score (nSPS) is 22.8. The first-order valence-corrected chi connectivity index (χ1v) is 13.3. The van der Waals surface area contributed by atoms with Gasteiger partial charge < -0.3 is 18.9 Å². The molecule has 1 aliphatic carbocycles. The number of rotatable bonds is 7. The summed E-state index contributed by atoms with van der Waals surface area (Å²) in [5.74, 6) is 2.94. The molecule has 3 aromatic rings. The molecule has 0 amide bonds. The molecule has 36 heavy (non-hydrogen) atoms. The molecule has 2 aromatic carbocycles. The molecule has 3 heterocycles. The molecule has 1 saturated heterocycles. The van der Waals surface area contributed by atoms with Crippen LogP contribution in [0.5, 0.6) is 11.5 Å². The summed E-state index contributed by atoms with van der Waals surface area (Å²) in [4.78, 5) is 15.4. The number of benzene rings is 2. The van der Waals surface area contributed by atoms with Crippen LogP contribution in [0.25, 0.3) is 11.0 Å². The van der Waals surface area contributed by atoms with Crippen LogP contribution in [0.2, 0.25) is 0 Å². The van der Waals surface area contributed by atoms with Gasteiger partial charge in [-0.3, -0.25) is 4.79 Å². The van der Waals surface area contributed by atoms with Gasteiger partial charge in [0.25, 0.3) is 0 Å². The Labute approximate surface area is 210 Å². The van der Waals surface area contributed by atoms with E-state index < -0.39 is 0 Å². The maximum Gasteiger partial charge on any atom is 0.231 e. The summed E-state index contributed by atoms with van der Waals surface area (Å²) in [7, 11) is 0. The van der Waals surface area contributed by atoms with Crippen LogP contribution in [-0.2, 0) is 0 Å². The third-order valence-electron chi connectivity index (χ3n) is 8.42. The van der Waals surface area contributed by atoms with Crippen LogP contribution in [0.3, 0.4) is 0 Å². The van der Waals surface area contributed by atoms with E-state index in [0.29, 0.717) is 29.6 Å². The molecule has 6 rings (SSSR count). The number of hydrogen-bond donors (Lipinski definition) is 0. The van der Waals surface area contributed by atoms with Crippen LogP contribution in [-0.4, -0.2) is 42.3 Å². The summed E-state index contributed by atoms with van der Waals surface area (Å²) < 4.78 is 29.9. The number of ether oxygens (including phenoxy) is 2. The van der Waals surface area contributed by atoms with Crippen LogP contribution < -0.4 is 9.47 Å². The van der Waals surface area contributed by atoms with Crippen molar-refractivity contribution in [3.8, 4) is 11.5 Å². The van der Waals surface area contributed by atoms with Gasteiger partial charge in [0, 0.05) is 23.3 Å². The molecule has 0 spiro atoms. The molecule has 1 aromatic heterocycles. The highest BCUT2D eigenvalue weighted by atomic mass is 19.1. The fourth-order valence-corrected chi connectivity index (χ4v) is 6.19. The molecule has 0 N–H and O–H groups in total. The van der Waals surface area contributed by atoms with Gasteiger partial charge in [-0.15, -0.1) is 0 Å². The van der Waals surface area contributed by atoms with Gasteiger partial charge in [0.05, 0.1) is 5.69 Å². The number of hydrogen-bond acceptors (Lipinski definition) is 6. The Hall–Kier alpha value is -2.93. The Balaban J connectivity index is 0.927. The van der Waals surface area contributed by atoms with Crippen LogP contribution in [0.1, 0.15) is 73.3 Å². The second-order valence-electron chi connectivity index (χ2n) is 10.7. The van der Waals surface area contributed by atoms with Gasteiger partial charge in [0.15, 0.2) is 22.9 Å². The van der Waals surface area contributed by atoms with E-state index in [0.717, 1.165) is 73.6 Å². The fourth-order valence-electron chi connectivity index (χ4n) is 6.19. The van der Waals surface area contributed by atoms with Gasteiger partial charge in [0.1, 0.15) is 5.82 Å². The minimum atomic E-state index is -0.239. The van der Waals surface area contributed by atoms with Crippen molar-refractivity contribution in [3.63, 3.8) is 0 Å². The lowest BCUT2D eigenvalue weighted by Crippen LogP contribution is -2.35. The first kappa shape index (κ1) is 23.5. The maximum absolute atomic E-state index is 13.7. The zero-order valence-corrected chi connectivity index (χ0v) is 20.6. The summed E-state index contributed by atoms with van der Waals surface area (Å²) in [6.07, 6.45) is 8.63. The van der Waals surface area contributed by atoms with Crippen LogP contribution in [0.4, 0.5) is 4.39 Å². The number of ketones is 1. The summed E-state index contributed by atoms with van der Waals surface area (Å²) in [6.45, 7) is 3.46. The molecule has 6 nitrogen and oxygen atoms in total. The molecular formula is C29H33FN2O4. The van der Waals surface area contributed by atoms with Crippen molar-refractivity contribution >= 4 is 16.8 Å². The number of halogens is 1. The Bertz CT molecular complexity index is 1230. The van der Waals surface area contributed by atoms with Crippen LogP contribution >= 0.6 is 0 Å². The van der Waals surface area contributed by atoms with Gasteiger partial charge in [-0.05, 0) is 100.0 Å². The largest absolute Gasteiger partial charge is 0.454 e. The molecule has 1 saturated carbocycles. The molecule has 0 atom stereocenters. The second kappa shape index (κ2) is 10.2. The van der Waals surface area contributed by atoms with Gasteiger partial charge in [-0.25, -0.2) is 4.39 Å². The predicted octanol–water partition coefficient (Wildman–Crippen LogP) is 6.34. The third-order valence-corrected chi connectivity index (χ3v) is 8.42. The molecule has 2 aliphatic heterocycles. The lowest BCUT2D eigenvalue weighted by molar-refractivity contribution is 0.0938. The SMILES string of the molecule is O=C(CC1CCC(CCN2CCC(c3noc4ccc(F)cc34)CC2)CC1)c1ccc2c(c1)OCO2. The molecule has 3 aliphatic rings. The number of piperidine rings is 1. The highest BCUT2D eigenvalue weighted by Crippen LogP contribution is 2.37. The topological polar surface area (TPSA) is 64.8 Å². The van der Waals surface area contributed by atoms with E-state index in [2.05, 4.69) is 10.1 Å². The second-order valence-corrected chi connectivity index (χ2v) is 10.7. The summed E-state index contributed by atoms with van der Waals surface area (Å²) in [6, 6.07) is 10.1. The fraction of sp³-hybridized carbons (Fsp3) is 0.517. The Kier molecular flexibility index (Phi) is 6.65. The predicted molar refractivity (Wildman–Crippen MR) is 134 cm³/mol. The van der Waals surface area contributed by atoms with Gasteiger partial charge >= 0.3 is 0 Å². The Morgan fingerprint density at radius 1 is 0.944 bits per heavy atom. The highest BCUT2D eigenvalue weighted by molar-refractivity contribution is 5.96. The third kappa shape index (κ3) is 4.99. The van der Waals surface area contributed by atoms with Crippen molar-refractivity contribution in [2.45, 2.75) is 57.3 Å². The van der Waals surface area contributed by atoms with E-state index in [9.17, 15) is 9.18 Å². The van der Waals surface area contributed by atoms with Gasteiger partial charge in [-0.2, -0.15) is 0 Å². The molecule has 0 unspecified atom stereocenters. The standard InChI is InChI=1S/C29H33FN2O4/c30-23-6-8-26-24(17-23)29(31-36-26)21-10-13-32(14-11-21)12-9-19-1-3-20(4-2-19)15-25(33)22-5-7-27-28(16-22)35-18-34-27/h5-8,16-17,19-21H,1-4,9-15,18H2. The number of Topliss-reactive ketones (excluding diaryl/α,β-unsaturated/α-hetero) is 1. The summed E-state index contributed by atoms with van der Waals surface area (Å²) in [5.41, 5.74) is 2.31. The number of carbonyl (C=O) groups is 1. The minimum absolute atomic E-state index is 0.210. The number of fused-ring (bicyclic) bond motifs is 2. The molecule has 7 heteroatoms. The lowest BCUT2D eigenvalue weighted by Gasteiger charge is -2.34. The van der Waals surface area contributed by atoms with Gasteiger partial charge in [-0.1, -0.05) is 18.0 Å². The molecule has 190 valence electrons. The minimum Gasteiger partial charge on any atom is -0.454 e. The molecule has 0 bridgehead atoms. The monoisotopic (exact) mass is 492 g/mol. The maximum atomic E-state index is 13.7. The van der Waals surface area contributed by atoms with E-state index in [1.165, 1.54) is 25.3 Å². The van der Waals surface area contributed by atoms with Crippen molar-refractivity contribution in [1.82, 2.24) is 10.1 Å². The Morgan fingerprint density at radius 3 is 2.56 bits per heavy atom. The van der Waals surface area contributed by atoms with Crippen molar-refractivity contribution in [3.05, 3.63) is 53.5 Å². The van der Waals surface area contributed by atoms with Crippen molar-refractivity contribution in [2.75, 3.05) is 26.4 Å². The molecular weight excluding hydrogens is 459 g/mol. The van der Waals surface area contributed by atoms with E-state index in [-0.39, 0.29) is 18.4 Å².